The van der Waals surface area contributed by atoms with Crippen molar-refractivity contribution in [3.05, 3.63) is 53.8 Å². The summed E-state index contributed by atoms with van der Waals surface area (Å²) in [5, 5.41) is 14.0. The number of nitrogens with one attached hydrogen (secondary N) is 3. The van der Waals surface area contributed by atoms with Gasteiger partial charge in [-0.15, -0.1) is 0 Å². The fourth-order valence-corrected chi connectivity index (χ4v) is 3.18. The van der Waals surface area contributed by atoms with E-state index < -0.39 is 21.7 Å². The lowest BCUT2D eigenvalue weighted by molar-refractivity contribution is -0.110. The number of para-hydroxylation sites is 2. The number of rotatable bonds is 3. The predicted octanol–water partition coefficient (Wildman–Crippen LogP) is 1.12. The van der Waals surface area contributed by atoms with E-state index in [4.69, 9.17) is 17.4 Å². The Hall–Kier alpha value is -2.89. The second-order valence-corrected chi connectivity index (χ2v) is 7.12. The predicted molar refractivity (Wildman–Crippen MR) is 98.7 cm³/mol. The molecular formula is C15H12FN5O3S2. The number of carbonyl (C=O) groups excluding carboxylic acids is 1. The molecule has 2 aromatic rings. The maximum atomic E-state index is 13.7. The van der Waals surface area contributed by atoms with Gasteiger partial charge in [0.25, 0.3) is 5.91 Å². The highest BCUT2D eigenvalue weighted by molar-refractivity contribution is 7.89. The van der Waals surface area contributed by atoms with Crippen LogP contribution in [0.5, 0.6) is 0 Å². The third kappa shape index (κ3) is 3.54. The van der Waals surface area contributed by atoms with Gasteiger partial charge in [0.1, 0.15) is 10.7 Å². The summed E-state index contributed by atoms with van der Waals surface area (Å²) in [7, 11) is -3.95. The van der Waals surface area contributed by atoms with Gasteiger partial charge in [-0.25, -0.2) is 17.9 Å². The summed E-state index contributed by atoms with van der Waals surface area (Å²) in [5.74, 6) is -1.17. The van der Waals surface area contributed by atoms with Crippen LogP contribution in [0.1, 0.15) is 5.56 Å². The molecule has 0 aromatic heterocycles. The first-order valence-corrected chi connectivity index (χ1v) is 9.09. The van der Waals surface area contributed by atoms with E-state index in [1.165, 1.54) is 36.4 Å². The molecule has 0 atom stereocenters. The number of hydrogen-bond donors (Lipinski definition) is 4. The second-order valence-electron chi connectivity index (χ2n) is 5.18. The van der Waals surface area contributed by atoms with Gasteiger partial charge in [0, 0.05) is 5.56 Å². The van der Waals surface area contributed by atoms with Crippen molar-refractivity contribution in [2.45, 2.75) is 4.90 Å². The molecule has 11 heteroatoms. The van der Waals surface area contributed by atoms with E-state index in [9.17, 15) is 17.6 Å². The summed E-state index contributed by atoms with van der Waals surface area (Å²) in [6, 6.07) is 10.1. The third-order valence-electron chi connectivity index (χ3n) is 3.43. The molecule has 0 unspecified atom stereocenters. The van der Waals surface area contributed by atoms with E-state index in [0.717, 1.165) is 0 Å². The number of halogens is 1. The van der Waals surface area contributed by atoms with Crippen molar-refractivity contribution in [2.75, 3.05) is 10.6 Å². The first-order valence-electron chi connectivity index (χ1n) is 7.14. The van der Waals surface area contributed by atoms with Crippen LogP contribution in [0.15, 0.2) is 52.5 Å². The first kappa shape index (κ1) is 17.9. The Bertz CT molecular complexity index is 1050. The number of hydrazone groups is 1. The van der Waals surface area contributed by atoms with Gasteiger partial charge < -0.3 is 10.6 Å². The molecule has 1 heterocycles. The van der Waals surface area contributed by atoms with Gasteiger partial charge in [-0.2, -0.15) is 5.10 Å². The summed E-state index contributed by atoms with van der Waals surface area (Å²) >= 11 is 5.05. The van der Waals surface area contributed by atoms with Crippen molar-refractivity contribution >= 4 is 50.3 Å². The highest BCUT2D eigenvalue weighted by atomic mass is 32.2. The van der Waals surface area contributed by atoms with Gasteiger partial charge in [0.2, 0.25) is 10.0 Å². The lowest BCUT2D eigenvalue weighted by Gasteiger charge is -2.11. The van der Waals surface area contributed by atoms with Crippen LogP contribution in [0.3, 0.4) is 0 Å². The Balaban J connectivity index is 1.80. The number of anilines is 2. The summed E-state index contributed by atoms with van der Waals surface area (Å²) in [6.45, 7) is 0. The fourth-order valence-electron chi connectivity index (χ4n) is 2.33. The van der Waals surface area contributed by atoms with Crippen LogP contribution < -0.4 is 21.2 Å². The van der Waals surface area contributed by atoms with E-state index in [1.54, 1.807) is 6.07 Å². The fraction of sp³-hybridized carbons (Fsp3) is 0. The van der Waals surface area contributed by atoms with Crippen molar-refractivity contribution in [1.29, 1.82) is 0 Å². The minimum Gasteiger partial charge on any atom is -0.330 e. The van der Waals surface area contributed by atoms with E-state index in [0.29, 0.717) is 0 Å². The zero-order chi connectivity index (χ0) is 18.9. The molecule has 26 heavy (non-hydrogen) atoms. The van der Waals surface area contributed by atoms with E-state index in [-0.39, 0.29) is 32.7 Å². The number of nitrogens with two attached hydrogens (primary N) is 1. The zero-order valence-electron chi connectivity index (χ0n) is 13.0. The first-order chi connectivity index (χ1) is 12.3. The van der Waals surface area contributed by atoms with Gasteiger partial charge in [0.05, 0.1) is 11.4 Å². The molecule has 0 aliphatic carbocycles. The van der Waals surface area contributed by atoms with Gasteiger partial charge >= 0.3 is 0 Å². The van der Waals surface area contributed by atoms with Crippen molar-refractivity contribution in [1.82, 2.24) is 5.43 Å². The molecule has 1 aliphatic heterocycles. The number of primary sulfonamides is 1. The Morgan fingerprint density at radius 2 is 1.92 bits per heavy atom. The number of hydrogen-bond acceptors (Lipinski definition) is 5. The SMILES string of the molecule is NS(=O)(=O)c1ccccc1NC(=S)NN=C1C(=O)Nc2c(F)cccc21. The summed E-state index contributed by atoms with van der Waals surface area (Å²) < 4.78 is 36.8. The second kappa shape index (κ2) is 6.78. The molecule has 0 radical (unpaired) electrons. The van der Waals surface area contributed by atoms with Crippen LogP contribution in [-0.4, -0.2) is 25.1 Å². The number of amides is 1. The molecule has 0 saturated heterocycles. The minimum atomic E-state index is -3.95. The number of thiocarbonyl (C=S) groups is 1. The van der Waals surface area contributed by atoms with Crippen molar-refractivity contribution in [3.63, 3.8) is 0 Å². The molecule has 1 amide bonds. The minimum absolute atomic E-state index is 0.0384. The molecule has 134 valence electrons. The van der Waals surface area contributed by atoms with E-state index in [2.05, 4.69) is 21.2 Å². The Kier molecular flexibility index (Phi) is 4.68. The summed E-state index contributed by atoms with van der Waals surface area (Å²) in [6.07, 6.45) is 0. The lowest BCUT2D eigenvalue weighted by atomic mass is 10.1. The quantitative estimate of drug-likeness (QED) is 0.457. The molecule has 3 rings (SSSR count). The highest BCUT2D eigenvalue weighted by Crippen LogP contribution is 2.26. The smallest absolute Gasteiger partial charge is 0.276 e. The van der Waals surface area contributed by atoms with E-state index >= 15 is 0 Å². The van der Waals surface area contributed by atoms with Crippen LogP contribution in [0.25, 0.3) is 0 Å². The third-order valence-corrected chi connectivity index (χ3v) is 4.60. The molecular weight excluding hydrogens is 381 g/mol. The van der Waals surface area contributed by atoms with Gasteiger partial charge in [-0.1, -0.05) is 24.3 Å². The molecule has 0 spiro atoms. The summed E-state index contributed by atoms with van der Waals surface area (Å²) in [5.41, 5.74) is 2.85. The molecule has 8 nitrogen and oxygen atoms in total. The van der Waals surface area contributed by atoms with Crippen LogP contribution >= 0.6 is 12.2 Å². The maximum Gasteiger partial charge on any atom is 0.276 e. The van der Waals surface area contributed by atoms with Crippen LogP contribution in [0, 0.1) is 5.82 Å². The average Bonchev–Trinajstić information content (AvgIpc) is 2.89. The van der Waals surface area contributed by atoms with Crippen LogP contribution in [0.2, 0.25) is 0 Å². The molecule has 1 aliphatic rings. The number of benzene rings is 2. The van der Waals surface area contributed by atoms with Crippen molar-refractivity contribution < 1.29 is 17.6 Å². The van der Waals surface area contributed by atoms with Crippen LogP contribution in [0.4, 0.5) is 15.8 Å². The molecule has 2 aromatic carbocycles. The Morgan fingerprint density at radius 3 is 2.65 bits per heavy atom. The van der Waals surface area contributed by atoms with Gasteiger partial charge in [-0.3, -0.25) is 10.2 Å². The monoisotopic (exact) mass is 393 g/mol. The van der Waals surface area contributed by atoms with Crippen LogP contribution in [-0.2, 0) is 14.8 Å². The van der Waals surface area contributed by atoms with Crippen molar-refractivity contribution in [2.24, 2.45) is 10.2 Å². The standard InChI is InChI=1S/C15H12FN5O3S2/c16-9-5-3-4-8-12(9)19-14(22)13(8)20-21-15(25)18-10-6-1-2-7-11(10)26(17,23)24/h1-7H,(H2,17,23,24)(H2,18,21,25)(H,19,20,22). The van der Waals surface area contributed by atoms with Gasteiger partial charge in [0.15, 0.2) is 10.8 Å². The normalized spacial score (nSPS) is 14.7. The number of sulfonamides is 1. The Morgan fingerprint density at radius 1 is 1.19 bits per heavy atom. The van der Waals surface area contributed by atoms with Gasteiger partial charge in [-0.05, 0) is 30.4 Å². The van der Waals surface area contributed by atoms with E-state index in [1.807, 2.05) is 0 Å². The topological polar surface area (TPSA) is 126 Å². The zero-order valence-corrected chi connectivity index (χ0v) is 14.6. The highest BCUT2D eigenvalue weighted by Gasteiger charge is 2.28. The Labute approximate surface area is 153 Å². The molecule has 0 bridgehead atoms. The maximum absolute atomic E-state index is 13.7. The largest absolute Gasteiger partial charge is 0.330 e. The molecule has 5 N–H and O–H groups in total. The number of carbonyl (C=O) groups is 1. The average molecular weight is 393 g/mol. The number of fused-ring (bicyclic) bond motifs is 1. The molecule has 0 saturated carbocycles. The lowest BCUT2D eigenvalue weighted by Crippen LogP contribution is -2.28. The number of nitrogens with zero attached hydrogens (tertiary/aromatic N) is 1. The molecule has 0 fully saturated rings. The van der Waals surface area contributed by atoms with Crippen molar-refractivity contribution in [3.8, 4) is 0 Å². The summed E-state index contributed by atoms with van der Waals surface area (Å²) in [4.78, 5) is 11.8.